The zero-order chi connectivity index (χ0) is 21.8. The molecule has 2 rings (SSSR count). The number of carbonyl (C=O) groups excluding carboxylic acids is 1. The van der Waals surface area contributed by atoms with Gasteiger partial charge in [0.1, 0.15) is 5.75 Å². The van der Waals surface area contributed by atoms with Crippen molar-refractivity contribution in [2.75, 3.05) is 25.5 Å². The van der Waals surface area contributed by atoms with Crippen LogP contribution in [0.1, 0.15) is 29.8 Å². The van der Waals surface area contributed by atoms with E-state index in [1.807, 2.05) is 0 Å². The van der Waals surface area contributed by atoms with Gasteiger partial charge < -0.3 is 10.1 Å². The summed E-state index contributed by atoms with van der Waals surface area (Å²) in [5.41, 5.74) is -1.73. The molecule has 0 atom stereocenters. The van der Waals surface area contributed by atoms with E-state index in [-0.39, 0.29) is 29.4 Å². The number of halogens is 3. The topological polar surface area (TPSA) is 75.7 Å². The molecule has 0 bridgehead atoms. The van der Waals surface area contributed by atoms with Crippen molar-refractivity contribution in [1.82, 2.24) is 4.31 Å². The van der Waals surface area contributed by atoms with Gasteiger partial charge in [0.25, 0.3) is 5.91 Å². The standard InChI is InChI=1S/C19H21F3N2O4S/c1-4-24(5-2)29(26,27)13-10-11-17(28-3)16(12-13)23-18(25)14-8-6-7-9-15(14)19(20,21)22/h6-12H,4-5H2,1-3H3,(H,23,25). The fourth-order valence-electron chi connectivity index (χ4n) is 2.78. The minimum absolute atomic E-state index is 0.0530. The molecule has 158 valence electrons. The van der Waals surface area contributed by atoms with Gasteiger partial charge in [0.15, 0.2) is 0 Å². The summed E-state index contributed by atoms with van der Waals surface area (Å²) in [5, 5.41) is 2.33. The Morgan fingerprint density at radius 1 is 1.10 bits per heavy atom. The second kappa shape index (κ2) is 8.83. The molecule has 2 aromatic rings. The van der Waals surface area contributed by atoms with Crippen molar-refractivity contribution in [2.45, 2.75) is 24.9 Å². The SMILES string of the molecule is CCN(CC)S(=O)(=O)c1ccc(OC)c(NC(=O)c2ccccc2C(F)(F)F)c1. The van der Waals surface area contributed by atoms with Crippen LogP contribution in [-0.2, 0) is 16.2 Å². The summed E-state index contributed by atoms with van der Waals surface area (Å²) in [6.45, 7) is 3.85. The van der Waals surface area contributed by atoms with Crippen molar-refractivity contribution in [3.63, 3.8) is 0 Å². The van der Waals surface area contributed by atoms with Crippen LogP contribution in [0.3, 0.4) is 0 Å². The summed E-state index contributed by atoms with van der Waals surface area (Å²) in [5.74, 6) is -0.921. The van der Waals surface area contributed by atoms with Gasteiger partial charge in [0.05, 0.1) is 28.8 Å². The van der Waals surface area contributed by atoms with Crippen molar-refractivity contribution in [2.24, 2.45) is 0 Å². The fourth-order valence-corrected chi connectivity index (χ4v) is 4.26. The molecule has 0 heterocycles. The van der Waals surface area contributed by atoms with Crippen LogP contribution in [-0.4, -0.2) is 38.8 Å². The van der Waals surface area contributed by atoms with Crippen LogP contribution in [0.4, 0.5) is 18.9 Å². The number of nitrogens with one attached hydrogen (secondary N) is 1. The van der Waals surface area contributed by atoms with Crippen LogP contribution < -0.4 is 10.1 Å². The lowest BCUT2D eigenvalue weighted by molar-refractivity contribution is -0.137. The number of carbonyl (C=O) groups is 1. The third-order valence-electron chi connectivity index (χ3n) is 4.24. The number of hydrogen-bond acceptors (Lipinski definition) is 4. The lowest BCUT2D eigenvalue weighted by Gasteiger charge is -2.20. The summed E-state index contributed by atoms with van der Waals surface area (Å²) in [6, 6.07) is 8.14. The average Bonchev–Trinajstić information content (AvgIpc) is 2.68. The van der Waals surface area contributed by atoms with Gasteiger partial charge in [-0.2, -0.15) is 17.5 Å². The monoisotopic (exact) mass is 430 g/mol. The Bertz CT molecular complexity index is 987. The first-order valence-corrected chi connectivity index (χ1v) is 10.2. The maximum absolute atomic E-state index is 13.2. The number of benzene rings is 2. The first-order valence-electron chi connectivity index (χ1n) is 8.72. The lowest BCUT2D eigenvalue weighted by atomic mass is 10.1. The number of rotatable bonds is 7. The normalized spacial score (nSPS) is 12.1. The number of hydrogen-bond donors (Lipinski definition) is 1. The quantitative estimate of drug-likeness (QED) is 0.721. The van der Waals surface area contributed by atoms with Crippen LogP contribution in [0.2, 0.25) is 0 Å². The average molecular weight is 430 g/mol. The summed E-state index contributed by atoms with van der Waals surface area (Å²) >= 11 is 0. The summed E-state index contributed by atoms with van der Waals surface area (Å²) in [6.07, 6.45) is -4.72. The molecule has 1 N–H and O–H groups in total. The summed E-state index contributed by atoms with van der Waals surface area (Å²) < 4.78 is 71.3. The second-order valence-corrected chi connectivity index (χ2v) is 7.89. The van der Waals surface area contributed by atoms with E-state index in [4.69, 9.17) is 4.74 Å². The third-order valence-corrected chi connectivity index (χ3v) is 6.29. The molecule has 2 aromatic carbocycles. The molecule has 10 heteroatoms. The highest BCUT2D eigenvalue weighted by Crippen LogP contribution is 2.33. The van der Waals surface area contributed by atoms with Crippen LogP contribution in [0.5, 0.6) is 5.75 Å². The zero-order valence-electron chi connectivity index (χ0n) is 16.1. The molecular formula is C19H21F3N2O4S. The number of nitrogens with zero attached hydrogens (tertiary/aromatic N) is 1. The van der Waals surface area contributed by atoms with E-state index < -0.39 is 33.2 Å². The maximum atomic E-state index is 13.2. The minimum atomic E-state index is -4.72. The van der Waals surface area contributed by atoms with Gasteiger partial charge in [0.2, 0.25) is 10.0 Å². The summed E-state index contributed by atoms with van der Waals surface area (Å²) in [7, 11) is -2.54. The van der Waals surface area contributed by atoms with Crippen LogP contribution in [0.25, 0.3) is 0 Å². The van der Waals surface area contributed by atoms with Gasteiger partial charge >= 0.3 is 6.18 Å². The van der Waals surface area contributed by atoms with E-state index in [1.54, 1.807) is 13.8 Å². The first-order chi connectivity index (χ1) is 13.6. The lowest BCUT2D eigenvalue weighted by Crippen LogP contribution is -2.30. The Labute approximate surface area is 167 Å². The first kappa shape index (κ1) is 22.7. The smallest absolute Gasteiger partial charge is 0.417 e. The fraction of sp³-hybridized carbons (Fsp3) is 0.316. The molecule has 1 amide bonds. The van der Waals surface area contributed by atoms with Crippen molar-refractivity contribution in [3.05, 3.63) is 53.6 Å². The summed E-state index contributed by atoms with van der Waals surface area (Å²) in [4.78, 5) is 12.4. The van der Waals surface area contributed by atoms with Gasteiger partial charge in [0, 0.05) is 13.1 Å². The van der Waals surface area contributed by atoms with E-state index in [2.05, 4.69) is 5.32 Å². The Kier molecular flexibility index (Phi) is 6.91. The highest BCUT2D eigenvalue weighted by molar-refractivity contribution is 7.89. The number of anilines is 1. The largest absolute Gasteiger partial charge is 0.495 e. The highest BCUT2D eigenvalue weighted by atomic mass is 32.2. The third kappa shape index (κ3) is 4.88. The van der Waals surface area contributed by atoms with Crippen molar-refractivity contribution in [1.29, 1.82) is 0 Å². The Balaban J connectivity index is 2.47. The van der Waals surface area contributed by atoms with Crippen molar-refractivity contribution in [3.8, 4) is 5.75 Å². The Hall–Kier alpha value is -2.59. The number of ether oxygens (including phenoxy) is 1. The van der Waals surface area contributed by atoms with E-state index in [9.17, 15) is 26.4 Å². The molecule has 0 aliphatic carbocycles. The molecule has 0 aromatic heterocycles. The van der Waals surface area contributed by atoms with Gasteiger partial charge in [-0.05, 0) is 30.3 Å². The van der Waals surface area contributed by atoms with Gasteiger partial charge in [-0.25, -0.2) is 8.42 Å². The van der Waals surface area contributed by atoms with Crippen LogP contribution in [0.15, 0.2) is 47.4 Å². The predicted molar refractivity (Wildman–Crippen MR) is 102 cm³/mol. The Morgan fingerprint density at radius 2 is 1.72 bits per heavy atom. The molecule has 0 saturated heterocycles. The van der Waals surface area contributed by atoms with Gasteiger partial charge in [-0.1, -0.05) is 26.0 Å². The second-order valence-electron chi connectivity index (χ2n) is 5.95. The van der Waals surface area contributed by atoms with Gasteiger partial charge in [-0.3, -0.25) is 4.79 Å². The van der Waals surface area contributed by atoms with Crippen molar-refractivity contribution >= 4 is 21.6 Å². The minimum Gasteiger partial charge on any atom is -0.495 e. The van der Waals surface area contributed by atoms with Crippen LogP contribution >= 0.6 is 0 Å². The number of sulfonamides is 1. The molecule has 0 fully saturated rings. The van der Waals surface area contributed by atoms with E-state index in [0.29, 0.717) is 0 Å². The molecule has 0 aliphatic rings. The molecule has 0 spiro atoms. The maximum Gasteiger partial charge on any atom is 0.417 e. The highest BCUT2D eigenvalue weighted by Gasteiger charge is 2.35. The molecule has 6 nitrogen and oxygen atoms in total. The van der Waals surface area contributed by atoms with Gasteiger partial charge in [-0.15, -0.1) is 0 Å². The predicted octanol–water partition coefficient (Wildman–Crippen LogP) is 4.00. The molecule has 0 aliphatic heterocycles. The van der Waals surface area contributed by atoms with E-state index in [1.165, 1.54) is 41.7 Å². The molecule has 29 heavy (non-hydrogen) atoms. The zero-order valence-corrected chi connectivity index (χ0v) is 16.9. The molecular weight excluding hydrogens is 409 g/mol. The Morgan fingerprint density at radius 3 is 2.28 bits per heavy atom. The number of amides is 1. The molecule has 0 unspecified atom stereocenters. The van der Waals surface area contributed by atoms with Crippen molar-refractivity contribution < 1.29 is 31.1 Å². The molecule has 0 saturated carbocycles. The number of alkyl halides is 3. The van der Waals surface area contributed by atoms with E-state index in [0.717, 1.165) is 12.1 Å². The van der Waals surface area contributed by atoms with Crippen LogP contribution in [0, 0.1) is 0 Å². The molecule has 0 radical (unpaired) electrons. The number of methoxy groups -OCH3 is 1. The van der Waals surface area contributed by atoms with E-state index >= 15 is 0 Å².